The quantitative estimate of drug-likeness (QED) is 0.295. The average molecular weight is 119 g/mol. The number of hydroxylamine groups is 1. The highest BCUT2D eigenvalue weighted by molar-refractivity contribution is 4.91. The van der Waals surface area contributed by atoms with Gasteiger partial charge in [0.25, 0.3) is 0 Å². The van der Waals surface area contributed by atoms with Gasteiger partial charge in [-0.25, -0.2) is 0 Å². The highest BCUT2D eigenvalue weighted by Gasteiger charge is 1.85. The fourth-order valence-corrected chi connectivity index (χ4v) is 0.259. The number of nitrogens with one attached hydrogen (secondary N) is 1. The Balaban J connectivity index is 3.29. The van der Waals surface area contributed by atoms with Crippen LogP contribution in [0.3, 0.4) is 0 Å². The standard InChI is InChI=1S/C4H9NO3/c6-2-1-4(7)3-5-8/h1,5-8H,2-3H2/b4-1-. The summed E-state index contributed by atoms with van der Waals surface area (Å²) in [7, 11) is 0. The van der Waals surface area contributed by atoms with E-state index >= 15 is 0 Å². The van der Waals surface area contributed by atoms with E-state index in [-0.39, 0.29) is 18.9 Å². The van der Waals surface area contributed by atoms with Crippen LogP contribution in [-0.4, -0.2) is 28.6 Å². The van der Waals surface area contributed by atoms with Crippen LogP contribution in [0.5, 0.6) is 0 Å². The van der Waals surface area contributed by atoms with E-state index < -0.39 is 0 Å². The Labute approximate surface area is 47.0 Å². The summed E-state index contributed by atoms with van der Waals surface area (Å²) in [4.78, 5) is 0. The predicted octanol–water partition coefficient (Wildman–Crippen LogP) is -0.601. The van der Waals surface area contributed by atoms with E-state index in [9.17, 15) is 0 Å². The Morgan fingerprint density at radius 2 is 2.25 bits per heavy atom. The van der Waals surface area contributed by atoms with Gasteiger partial charge < -0.3 is 15.4 Å². The monoisotopic (exact) mass is 119 g/mol. The van der Waals surface area contributed by atoms with Gasteiger partial charge in [-0.05, 0) is 6.08 Å². The van der Waals surface area contributed by atoms with Crippen molar-refractivity contribution in [2.45, 2.75) is 0 Å². The molecule has 0 aromatic heterocycles. The Kier molecular flexibility index (Phi) is 4.24. The summed E-state index contributed by atoms with van der Waals surface area (Å²) in [5.74, 6) is -0.0741. The van der Waals surface area contributed by atoms with Crippen LogP contribution < -0.4 is 5.48 Å². The van der Waals surface area contributed by atoms with Crippen molar-refractivity contribution >= 4 is 0 Å². The van der Waals surface area contributed by atoms with Crippen LogP contribution in [0.4, 0.5) is 0 Å². The molecule has 8 heavy (non-hydrogen) atoms. The maximum Gasteiger partial charge on any atom is 0.107 e. The highest BCUT2D eigenvalue weighted by atomic mass is 16.5. The molecule has 0 aliphatic heterocycles. The van der Waals surface area contributed by atoms with E-state index in [1.165, 1.54) is 6.08 Å². The van der Waals surface area contributed by atoms with Crippen LogP contribution in [0.25, 0.3) is 0 Å². The second-order valence-electron chi connectivity index (χ2n) is 1.21. The third kappa shape index (κ3) is 3.60. The molecule has 0 fully saturated rings. The molecule has 0 saturated heterocycles. The maximum absolute atomic E-state index is 8.53. The zero-order valence-electron chi connectivity index (χ0n) is 4.33. The van der Waals surface area contributed by atoms with Gasteiger partial charge in [-0.2, -0.15) is 5.48 Å². The van der Waals surface area contributed by atoms with E-state index in [1.54, 1.807) is 5.48 Å². The largest absolute Gasteiger partial charge is 0.511 e. The summed E-state index contributed by atoms with van der Waals surface area (Å²) in [6, 6.07) is 0. The fraction of sp³-hybridized carbons (Fsp3) is 0.500. The lowest BCUT2D eigenvalue weighted by molar-refractivity contribution is 0.161. The topological polar surface area (TPSA) is 72.7 Å². The van der Waals surface area contributed by atoms with Crippen LogP contribution >= 0.6 is 0 Å². The van der Waals surface area contributed by atoms with Gasteiger partial charge in [-0.15, -0.1) is 0 Å². The molecule has 0 bridgehead atoms. The molecule has 4 nitrogen and oxygen atoms in total. The van der Waals surface area contributed by atoms with Gasteiger partial charge in [0.1, 0.15) is 5.76 Å². The summed E-state index contributed by atoms with van der Waals surface area (Å²) >= 11 is 0. The van der Waals surface area contributed by atoms with Crippen molar-refractivity contribution in [3.8, 4) is 0 Å². The summed E-state index contributed by atoms with van der Waals surface area (Å²) < 4.78 is 0. The smallest absolute Gasteiger partial charge is 0.107 e. The molecule has 0 spiro atoms. The minimum Gasteiger partial charge on any atom is -0.511 e. The molecule has 48 valence electrons. The molecule has 0 aliphatic rings. The van der Waals surface area contributed by atoms with Crippen molar-refractivity contribution < 1.29 is 15.4 Å². The van der Waals surface area contributed by atoms with Gasteiger partial charge in [0.15, 0.2) is 0 Å². The summed E-state index contributed by atoms with van der Waals surface area (Å²) in [5, 5.41) is 24.6. The highest BCUT2D eigenvalue weighted by Crippen LogP contribution is 1.80. The molecule has 0 aromatic carbocycles. The first-order chi connectivity index (χ1) is 3.81. The van der Waals surface area contributed by atoms with E-state index in [1.807, 2.05) is 0 Å². The number of rotatable bonds is 3. The van der Waals surface area contributed by atoms with Crippen LogP contribution in [-0.2, 0) is 0 Å². The summed E-state index contributed by atoms with van der Waals surface area (Å²) in [5.41, 5.74) is 1.72. The molecule has 0 rings (SSSR count). The van der Waals surface area contributed by atoms with Crippen molar-refractivity contribution in [1.82, 2.24) is 5.48 Å². The zero-order chi connectivity index (χ0) is 6.41. The van der Waals surface area contributed by atoms with Crippen molar-refractivity contribution in [2.24, 2.45) is 0 Å². The number of aliphatic hydroxyl groups excluding tert-OH is 2. The van der Waals surface area contributed by atoms with E-state index in [4.69, 9.17) is 15.4 Å². The molecular formula is C4H9NO3. The van der Waals surface area contributed by atoms with Crippen molar-refractivity contribution in [1.29, 1.82) is 0 Å². The second kappa shape index (κ2) is 4.58. The molecule has 0 amide bonds. The molecule has 4 heteroatoms. The normalized spacial score (nSPS) is 12.0. The molecular weight excluding hydrogens is 110 g/mol. The van der Waals surface area contributed by atoms with Crippen molar-refractivity contribution in [3.05, 3.63) is 11.8 Å². The molecule has 0 radical (unpaired) electrons. The van der Waals surface area contributed by atoms with Crippen LogP contribution in [0, 0.1) is 0 Å². The fourth-order valence-electron chi connectivity index (χ4n) is 0.259. The molecule has 0 unspecified atom stereocenters. The molecule has 0 aliphatic carbocycles. The minimum atomic E-state index is -0.215. The van der Waals surface area contributed by atoms with Crippen LogP contribution in [0.1, 0.15) is 0 Å². The lowest BCUT2D eigenvalue weighted by Crippen LogP contribution is -2.11. The first-order valence-electron chi connectivity index (χ1n) is 2.17. The number of hydrogen-bond acceptors (Lipinski definition) is 4. The Bertz CT molecular complexity index is 81.4. The SMILES string of the molecule is OC/C=C(\O)CNO. The van der Waals surface area contributed by atoms with Gasteiger partial charge in [0.2, 0.25) is 0 Å². The lowest BCUT2D eigenvalue weighted by atomic mass is 10.4. The molecule has 0 heterocycles. The van der Waals surface area contributed by atoms with Gasteiger partial charge in [-0.1, -0.05) is 0 Å². The average Bonchev–Trinajstić information content (AvgIpc) is 1.68. The Morgan fingerprint density at radius 1 is 1.62 bits per heavy atom. The van der Waals surface area contributed by atoms with E-state index in [0.717, 1.165) is 0 Å². The first kappa shape index (κ1) is 7.42. The van der Waals surface area contributed by atoms with Gasteiger partial charge in [-0.3, -0.25) is 0 Å². The van der Waals surface area contributed by atoms with E-state index in [0.29, 0.717) is 0 Å². The van der Waals surface area contributed by atoms with Crippen molar-refractivity contribution in [3.63, 3.8) is 0 Å². The maximum atomic E-state index is 8.53. The third-order valence-corrected chi connectivity index (χ3v) is 0.587. The molecule has 4 N–H and O–H groups in total. The Hall–Kier alpha value is -0.580. The van der Waals surface area contributed by atoms with Crippen LogP contribution in [0.2, 0.25) is 0 Å². The van der Waals surface area contributed by atoms with E-state index in [2.05, 4.69) is 0 Å². The second-order valence-corrected chi connectivity index (χ2v) is 1.21. The zero-order valence-corrected chi connectivity index (χ0v) is 4.33. The summed E-state index contributed by atoms with van der Waals surface area (Å²) in [6.07, 6.45) is 1.18. The number of hydrogen-bond donors (Lipinski definition) is 4. The van der Waals surface area contributed by atoms with Gasteiger partial charge in [0, 0.05) is 0 Å². The number of aliphatic hydroxyl groups is 2. The summed E-state index contributed by atoms with van der Waals surface area (Å²) in [6.45, 7) is -0.242. The Morgan fingerprint density at radius 3 is 2.62 bits per heavy atom. The third-order valence-electron chi connectivity index (χ3n) is 0.587. The minimum absolute atomic E-state index is 0.0272. The predicted molar refractivity (Wildman–Crippen MR) is 27.6 cm³/mol. The van der Waals surface area contributed by atoms with Gasteiger partial charge in [0.05, 0.1) is 13.2 Å². The molecule has 0 saturated carbocycles. The lowest BCUT2D eigenvalue weighted by Gasteiger charge is -1.93. The van der Waals surface area contributed by atoms with Crippen molar-refractivity contribution in [2.75, 3.05) is 13.2 Å². The molecule has 0 aromatic rings. The molecule has 0 atom stereocenters. The first-order valence-corrected chi connectivity index (χ1v) is 2.17. The van der Waals surface area contributed by atoms with Crippen LogP contribution in [0.15, 0.2) is 11.8 Å². The van der Waals surface area contributed by atoms with Gasteiger partial charge >= 0.3 is 0 Å².